The van der Waals surface area contributed by atoms with Crippen molar-refractivity contribution >= 4 is 15.9 Å². The van der Waals surface area contributed by atoms with Gasteiger partial charge in [-0.2, -0.15) is 13.7 Å². The zero-order chi connectivity index (χ0) is 25.7. The topological polar surface area (TPSA) is 106 Å². The molecular weight excluding hydrogens is 483 g/mol. The van der Waals surface area contributed by atoms with Crippen molar-refractivity contribution in [3.63, 3.8) is 0 Å². The first kappa shape index (κ1) is 25.7. The number of benzene rings is 2. The van der Waals surface area contributed by atoms with E-state index < -0.39 is 15.9 Å². The van der Waals surface area contributed by atoms with Gasteiger partial charge in [0.05, 0.1) is 36.9 Å². The lowest BCUT2D eigenvalue weighted by atomic mass is 9.82. The molecule has 0 radical (unpaired) electrons. The second-order valence-electron chi connectivity index (χ2n) is 9.10. The molecule has 1 saturated carbocycles. The number of methoxy groups -OCH3 is 1. The smallest absolute Gasteiger partial charge is 0.264 e. The zero-order valence-corrected chi connectivity index (χ0v) is 21.1. The van der Waals surface area contributed by atoms with Gasteiger partial charge in [0, 0.05) is 18.2 Å². The lowest BCUT2D eigenvalue weighted by Gasteiger charge is -2.28. The highest BCUT2D eigenvalue weighted by Crippen LogP contribution is 2.31. The maximum atomic E-state index is 14.4. The van der Waals surface area contributed by atoms with Gasteiger partial charge in [0.1, 0.15) is 23.5 Å². The molecule has 1 aliphatic rings. The normalized spacial score (nSPS) is 17.9. The highest BCUT2D eigenvalue weighted by molar-refractivity contribution is 7.85. The first-order valence-electron chi connectivity index (χ1n) is 11.8. The van der Waals surface area contributed by atoms with Gasteiger partial charge in [-0.05, 0) is 67.5 Å². The molecule has 1 N–H and O–H groups in total. The van der Waals surface area contributed by atoms with Crippen LogP contribution in [0.1, 0.15) is 31.2 Å². The Hall–Kier alpha value is -3.42. The molecule has 3 aromatic rings. The monoisotopic (exact) mass is 512 g/mol. The third kappa shape index (κ3) is 6.42. The molecule has 1 aliphatic carbocycles. The lowest BCUT2D eigenvalue weighted by Crippen LogP contribution is -2.25. The molecule has 4 rings (SSSR count). The van der Waals surface area contributed by atoms with Crippen LogP contribution in [0.2, 0.25) is 0 Å². The van der Waals surface area contributed by atoms with Crippen LogP contribution in [0.3, 0.4) is 0 Å². The Kier molecular flexibility index (Phi) is 7.91. The summed E-state index contributed by atoms with van der Waals surface area (Å²) in [5.74, 6) is 1.32. The van der Waals surface area contributed by atoms with E-state index in [1.54, 1.807) is 17.9 Å². The number of anilines is 1. The van der Waals surface area contributed by atoms with Crippen LogP contribution in [-0.4, -0.2) is 44.7 Å². The molecule has 1 fully saturated rings. The number of hydrogen-bond acceptors (Lipinski definition) is 7. The van der Waals surface area contributed by atoms with Gasteiger partial charge in [-0.15, -0.1) is 5.10 Å². The summed E-state index contributed by atoms with van der Waals surface area (Å²) in [6.07, 6.45) is 4.95. The molecule has 36 heavy (non-hydrogen) atoms. The number of hydrogen-bond donors (Lipinski definition) is 1. The van der Waals surface area contributed by atoms with Crippen molar-refractivity contribution in [1.82, 2.24) is 9.78 Å². The van der Waals surface area contributed by atoms with E-state index in [4.69, 9.17) is 19.3 Å². The van der Waals surface area contributed by atoms with Gasteiger partial charge in [0.15, 0.2) is 0 Å². The highest BCUT2D eigenvalue weighted by Gasteiger charge is 2.24. The van der Waals surface area contributed by atoms with E-state index in [9.17, 15) is 12.8 Å². The van der Waals surface area contributed by atoms with Crippen LogP contribution in [0.25, 0.3) is 16.9 Å². The van der Waals surface area contributed by atoms with Crippen molar-refractivity contribution in [3.05, 3.63) is 59.9 Å². The van der Waals surface area contributed by atoms with Crippen LogP contribution in [0.5, 0.6) is 5.75 Å². The van der Waals surface area contributed by atoms with E-state index in [2.05, 4.69) is 5.32 Å². The Morgan fingerprint density at radius 1 is 1.17 bits per heavy atom. The molecule has 10 heteroatoms. The van der Waals surface area contributed by atoms with E-state index in [0.29, 0.717) is 35.3 Å². The minimum atomic E-state index is -3.44. The molecule has 2 atom stereocenters. The lowest BCUT2D eigenvalue weighted by molar-refractivity contribution is 0.185. The van der Waals surface area contributed by atoms with Gasteiger partial charge < -0.3 is 10.1 Å². The van der Waals surface area contributed by atoms with E-state index in [1.807, 2.05) is 36.4 Å². The molecule has 2 unspecified atom stereocenters. The van der Waals surface area contributed by atoms with Crippen molar-refractivity contribution in [3.8, 4) is 28.8 Å². The Morgan fingerprint density at radius 2 is 1.92 bits per heavy atom. The van der Waals surface area contributed by atoms with Gasteiger partial charge in [-0.1, -0.05) is 12.5 Å². The molecule has 190 valence electrons. The molecule has 8 nitrogen and oxygen atoms in total. The van der Waals surface area contributed by atoms with E-state index in [1.165, 1.54) is 12.1 Å². The summed E-state index contributed by atoms with van der Waals surface area (Å²) in [7, 11) is -1.85. The van der Waals surface area contributed by atoms with E-state index >= 15 is 0 Å². The van der Waals surface area contributed by atoms with Gasteiger partial charge in [-0.3, -0.25) is 4.18 Å². The van der Waals surface area contributed by atoms with Crippen molar-refractivity contribution in [1.29, 1.82) is 5.26 Å². The number of nitrogens with zero attached hydrogens (tertiary/aromatic N) is 3. The quantitative estimate of drug-likeness (QED) is 0.412. The second-order valence-corrected chi connectivity index (χ2v) is 10.7. The van der Waals surface area contributed by atoms with Crippen molar-refractivity contribution in [2.45, 2.75) is 25.7 Å². The van der Waals surface area contributed by atoms with Crippen LogP contribution >= 0.6 is 0 Å². The molecular formula is C26H29FN4O4S. The fourth-order valence-electron chi connectivity index (χ4n) is 4.57. The maximum absolute atomic E-state index is 14.4. The summed E-state index contributed by atoms with van der Waals surface area (Å²) in [6, 6.07) is 15.6. The fraction of sp³-hybridized carbons (Fsp3) is 0.385. The van der Waals surface area contributed by atoms with Crippen LogP contribution < -0.4 is 10.1 Å². The van der Waals surface area contributed by atoms with Crippen LogP contribution in [-0.2, 0) is 14.3 Å². The Bertz CT molecular complexity index is 1350. The highest BCUT2D eigenvalue weighted by atomic mass is 32.2. The molecule has 2 aromatic carbocycles. The number of rotatable bonds is 9. The second kappa shape index (κ2) is 11.1. The predicted molar refractivity (Wildman–Crippen MR) is 135 cm³/mol. The predicted octanol–water partition coefficient (Wildman–Crippen LogP) is 4.75. The minimum absolute atomic E-state index is 0.0145. The summed E-state index contributed by atoms with van der Waals surface area (Å²) in [5.41, 5.74) is 2.03. The number of aromatic nitrogens is 2. The molecule has 0 aliphatic heterocycles. The van der Waals surface area contributed by atoms with Gasteiger partial charge in [-0.25, -0.2) is 9.07 Å². The van der Waals surface area contributed by atoms with E-state index in [-0.39, 0.29) is 18.1 Å². The maximum Gasteiger partial charge on any atom is 0.264 e. The van der Waals surface area contributed by atoms with Crippen molar-refractivity contribution < 1.29 is 21.7 Å². The molecule has 0 amide bonds. The first-order chi connectivity index (χ1) is 17.3. The number of nitrogens with one attached hydrogen (secondary N) is 1. The average molecular weight is 513 g/mol. The molecule has 1 aromatic heterocycles. The standard InChI is InChI=1S/C26H29FN4O4S/c1-34-23-10-8-22(9-11-23)31-25(20-6-7-21(15-28)24(27)13-20)14-26(30-31)29-16-18-4-3-5-19(12-18)17-35-36(2,32)33/h6-11,13-14,18-19H,3-5,12,16-17H2,1-2H3,(H,29,30). The minimum Gasteiger partial charge on any atom is -0.497 e. The van der Waals surface area contributed by atoms with Gasteiger partial charge in [0.25, 0.3) is 10.1 Å². The Balaban J connectivity index is 1.54. The van der Waals surface area contributed by atoms with Crippen LogP contribution in [0.15, 0.2) is 48.5 Å². The Labute approximate surface area is 210 Å². The van der Waals surface area contributed by atoms with Crippen LogP contribution in [0, 0.1) is 29.0 Å². The van der Waals surface area contributed by atoms with Gasteiger partial charge in [0.2, 0.25) is 0 Å². The van der Waals surface area contributed by atoms with Crippen LogP contribution in [0.4, 0.5) is 10.2 Å². The van der Waals surface area contributed by atoms with Gasteiger partial charge >= 0.3 is 0 Å². The molecule has 0 saturated heterocycles. The summed E-state index contributed by atoms with van der Waals surface area (Å²) in [4.78, 5) is 0. The number of halogens is 1. The largest absolute Gasteiger partial charge is 0.497 e. The summed E-state index contributed by atoms with van der Waals surface area (Å²) in [6.45, 7) is 0.895. The first-order valence-corrected chi connectivity index (χ1v) is 13.6. The summed E-state index contributed by atoms with van der Waals surface area (Å²) >= 11 is 0. The SMILES string of the molecule is COc1ccc(-n2nc(NCC3CCCC(COS(C)(=O)=O)C3)cc2-c2ccc(C#N)c(F)c2)cc1. The average Bonchev–Trinajstić information content (AvgIpc) is 3.30. The summed E-state index contributed by atoms with van der Waals surface area (Å²) < 4.78 is 49.1. The molecule has 1 heterocycles. The van der Waals surface area contributed by atoms with Crippen molar-refractivity contribution in [2.75, 3.05) is 31.8 Å². The summed E-state index contributed by atoms with van der Waals surface area (Å²) in [5, 5.41) is 17.2. The zero-order valence-electron chi connectivity index (χ0n) is 20.3. The number of ether oxygens (including phenoxy) is 1. The number of nitriles is 1. The molecule has 0 bridgehead atoms. The van der Waals surface area contributed by atoms with E-state index in [0.717, 1.165) is 37.6 Å². The molecule has 0 spiro atoms. The van der Waals surface area contributed by atoms with Crippen molar-refractivity contribution in [2.24, 2.45) is 11.8 Å². The third-order valence-corrected chi connectivity index (χ3v) is 6.96. The third-order valence-electron chi connectivity index (χ3n) is 6.39. The Morgan fingerprint density at radius 3 is 2.58 bits per heavy atom. The fourth-order valence-corrected chi connectivity index (χ4v) is 5.01.